The van der Waals surface area contributed by atoms with Crippen molar-refractivity contribution in [3.63, 3.8) is 0 Å². The number of aryl methyl sites for hydroxylation is 1. The van der Waals surface area contributed by atoms with Crippen molar-refractivity contribution in [2.24, 2.45) is 4.99 Å². The number of carbonyl (C=O) groups is 1. The molecule has 0 aliphatic heterocycles. The molecule has 0 spiro atoms. The van der Waals surface area contributed by atoms with Crippen LogP contribution in [0.4, 0.5) is 0 Å². The van der Waals surface area contributed by atoms with Gasteiger partial charge in [-0.15, -0.1) is 0 Å². The fourth-order valence-electron chi connectivity index (χ4n) is 2.28. The first-order chi connectivity index (χ1) is 11.6. The quantitative estimate of drug-likeness (QED) is 0.370. The summed E-state index contributed by atoms with van der Waals surface area (Å²) in [6, 6.07) is 8.84. The van der Waals surface area contributed by atoms with E-state index in [0.717, 1.165) is 25.8 Å². The SMILES string of the molecule is CCCNC(=O)CNC(=NC)NCCCc1ccc(C(C)C)cc1. The van der Waals surface area contributed by atoms with E-state index in [1.54, 1.807) is 7.05 Å². The van der Waals surface area contributed by atoms with Crippen molar-refractivity contribution < 1.29 is 4.79 Å². The number of nitrogens with one attached hydrogen (secondary N) is 3. The number of amides is 1. The molecule has 0 aliphatic carbocycles. The van der Waals surface area contributed by atoms with Crippen LogP contribution in [-0.4, -0.2) is 38.5 Å². The van der Waals surface area contributed by atoms with E-state index in [4.69, 9.17) is 0 Å². The fraction of sp³-hybridized carbons (Fsp3) is 0.579. The van der Waals surface area contributed by atoms with Crippen LogP contribution in [0.1, 0.15) is 50.7 Å². The van der Waals surface area contributed by atoms with Gasteiger partial charge in [0.25, 0.3) is 0 Å². The molecule has 0 bridgehead atoms. The van der Waals surface area contributed by atoms with E-state index < -0.39 is 0 Å². The third-order valence-electron chi connectivity index (χ3n) is 3.79. The van der Waals surface area contributed by atoms with Crippen molar-refractivity contribution >= 4 is 11.9 Å². The Hall–Kier alpha value is -2.04. The summed E-state index contributed by atoms with van der Waals surface area (Å²) in [5.41, 5.74) is 2.73. The van der Waals surface area contributed by atoms with Gasteiger partial charge >= 0.3 is 0 Å². The molecule has 134 valence electrons. The molecule has 3 N–H and O–H groups in total. The van der Waals surface area contributed by atoms with Crippen LogP contribution >= 0.6 is 0 Å². The predicted molar refractivity (Wildman–Crippen MR) is 102 cm³/mol. The number of guanidine groups is 1. The molecule has 0 aliphatic rings. The van der Waals surface area contributed by atoms with Gasteiger partial charge in [0, 0.05) is 20.1 Å². The van der Waals surface area contributed by atoms with E-state index in [1.165, 1.54) is 11.1 Å². The van der Waals surface area contributed by atoms with Crippen LogP contribution in [0.2, 0.25) is 0 Å². The van der Waals surface area contributed by atoms with Gasteiger partial charge in [0.05, 0.1) is 6.54 Å². The molecule has 0 heterocycles. The largest absolute Gasteiger partial charge is 0.356 e. The summed E-state index contributed by atoms with van der Waals surface area (Å²) in [5.74, 6) is 1.23. The summed E-state index contributed by atoms with van der Waals surface area (Å²) in [5, 5.41) is 9.09. The second kappa shape index (κ2) is 11.5. The van der Waals surface area contributed by atoms with Crippen molar-refractivity contribution in [2.75, 3.05) is 26.7 Å². The van der Waals surface area contributed by atoms with Gasteiger partial charge in [0.2, 0.25) is 5.91 Å². The zero-order valence-electron chi connectivity index (χ0n) is 15.5. The summed E-state index contributed by atoms with van der Waals surface area (Å²) in [6.07, 6.45) is 2.99. The molecule has 5 heteroatoms. The molecule has 1 rings (SSSR count). The first-order valence-electron chi connectivity index (χ1n) is 8.86. The standard InChI is InChI=1S/C19H32N4O/c1-5-12-21-18(24)14-23-19(20-4)22-13-6-7-16-8-10-17(11-9-16)15(2)3/h8-11,15H,5-7,12-14H2,1-4H3,(H,21,24)(H2,20,22,23). The fourth-order valence-corrected chi connectivity index (χ4v) is 2.28. The number of rotatable bonds is 9. The van der Waals surface area contributed by atoms with Crippen molar-refractivity contribution in [3.05, 3.63) is 35.4 Å². The zero-order chi connectivity index (χ0) is 17.8. The molecule has 0 atom stereocenters. The van der Waals surface area contributed by atoms with Crippen LogP contribution in [0, 0.1) is 0 Å². The van der Waals surface area contributed by atoms with Gasteiger partial charge in [0.1, 0.15) is 0 Å². The van der Waals surface area contributed by atoms with Gasteiger partial charge in [0.15, 0.2) is 5.96 Å². The molecular weight excluding hydrogens is 300 g/mol. The number of benzene rings is 1. The lowest BCUT2D eigenvalue weighted by Gasteiger charge is -2.12. The lowest BCUT2D eigenvalue weighted by Crippen LogP contribution is -2.43. The van der Waals surface area contributed by atoms with Crippen molar-refractivity contribution in [3.8, 4) is 0 Å². The van der Waals surface area contributed by atoms with Crippen LogP contribution in [0.25, 0.3) is 0 Å². The molecule has 1 amide bonds. The van der Waals surface area contributed by atoms with Gasteiger partial charge < -0.3 is 16.0 Å². The molecule has 0 radical (unpaired) electrons. The van der Waals surface area contributed by atoms with Gasteiger partial charge in [-0.2, -0.15) is 0 Å². The minimum Gasteiger partial charge on any atom is -0.356 e. The molecule has 0 saturated carbocycles. The molecule has 1 aromatic rings. The highest BCUT2D eigenvalue weighted by Gasteiger charge is 2.03. The Kier molecular flexibility index (Phi) is 9.58. The summed E-state index contributed by atoms with van der Waals surface area (Å²) >= 11 is 0. The van der Waals surface area contributed by atoms with E-state index >= 15 is 0 Å². The Morgan fingerprint density at radius 1 is 1.08 bits per heavy atom. The third-order valence-corrected chi connectivity index (χ3v) is 3.79. The Bertz CT molecular complexity index is 509. The summed E-state index contributed by atoms with van der Waals surface area (Å²) < 4.78 is 0. The van der Waals surface area contributed by atoms with E-state index in [9.17, 15) is 4.79 Å². The van der Waals surface area contributed by atoms with Crippen molar-refractivity contribution in [2.45, 2.75) is 46.0 Å². The van der Waals surface area contributed by atoms with Crippen molar-refractivity contribution in [1.82, 2.24) is 16.0 Å². The molecular formula is C19H32N4O. The van der Waals surface area contributed by atoms with E-state index in [-0.39, 0.29) is 12.5 Å². The van der Waals surface area contributed by atoms with Gasteiger partial charge in [-0.05, 0) is 36.3 Å². The van der Waals surface area contributed by atoms with Gasteiger partial charge in [-0.3, -0.25) is 9.79 Å². The average Bonchev–Trinajstić information content (AvgIpc) is 2.59. The minimum absolute atomic E-state index is 0.00922. The van der Waals surface area contributed by atoms with Crippen LogP contribution in [-0.2, 0) is 11.2 Å². The molecule has 0 unspecified atom stereocenters. The van der Waals surface area contributed by atoms with E-state index in [2.05, 4.69) is 59.1 Å². The second-order valence-corrected chi connectivity index (χ2v) is 6.20. The number of hydrogen-bond acceptors (Lipinski definition) is 2. The topological polar surface area (TPSA) is 65.5 Å². The molecule has 5 nitrogen and oxygen atoms in total. The normalized spacial score (nSPS) is 11.5. The monoisotopic (exact) mass is 332 g/mol. The van der Waals surface area contributed by atoms with E-state index in [0.29, 0.717) is 18.4 Å². The molecule has 0 fully saturated rings. The lowest BCUT2D eigenvalue weighted by molar-refractivity contribution is -0.120. The highest BCUT2D eigenvalue weighted by Crippen LogP contribution is 2.15. The Labute approximate surface area is 146 Å². The number of carbonyl (C=O) groups excluding carboxylic acids is 1. The summed E-state index contributed by atoms with van der Waals surface area (Å²) in [7, 11) is 1.71. The smallest absolute Gasteiger partial charge is 0.239 e. The first-order valence-corrected chi connectivity index (χ1v) is 8.86. The number of hydrogen-bond donors (Lipinski definition) is 3. The molecule has 0 aromatic heterocycles. The Balaban J connectivity index is 2.23. The molecule has 1 aromatic carbocycles. The first kappa shape index (κ1) is 20.0. The average molecular weight is 332 g/mol. The second-order valence-electron chi connectivity index (χ2n) is 6.20. The maximum Gasteiger partial charge on any atom is 0.239 e. The van der Waals surface area contributed by atoms with Gasteiger partial charge in [-0.25, -0.2) is 0 Å². The Morgan fingerprint density at radius 3 is 2.38 bits per heavy atom. The minimum atomic E-state index is -0.00922. The van der Waals surface area contributed by atoms with Gasteiger partial charge in [-0.1, -0.05) is 45.0 Å². The summed E-state index contributed by atoms with van der Waals surface area (Å²) in [4.78, 5) is 15.7. The number of aliphatic imine (C=N–C) groups is 1. The Morgan fingerprint density at radius 2 is 1.79 bits per heavy atom. The summed E-state index contributed by atoms with van der Waals surface area (Å²) in [6.45, 7) is 8.23. The maximum absolute atomic E-state index is 11.6. The van der Waals surface area contributed by atoms with Crippen LogP contribution in [0.5, 0.6) is 0 Å². The van der Waals surface area contributed by atoms with E-state index in [1.807, 2.05) is 6.92 Å². The van der Waals surface area contributed by atoms with Crippen LogP contribution < -0.4 is 16.0 Å². The third kappa shape index (κ3) is 7.99. The predicted octanol–water partition coefficient (Wildman–Crippen LogP) is 2.43. The highest BCUT2D eigenvalue weighted by atomic mass is 16.1. The molecule has 0 saturated heterocycles. The zero-order valence-corrected chi connectivity index (χ0v) is 15.5. The maximum atomic E-state index is 11.6. The van der Waals surface area contributed by atoms with Crippen LogP contribution in [0.3, 0.4) is 0 Å². The van der Waals surface area contributed by atoms with Crippen molar-refractivity contribution in [1.29, 1.82) is 0 Å². The van der Waals surface area contributed by atoms with Crippen LogP contribution in [0.15, 0.2) is 29.3 Å². The number of nitrogens with zero attached hydrogens (tertiary/aromatic N) is 1. The highest BCUT2D eigenvalue weighted by molar-refractivity contribution is 5.86. The lowest BCUT2D eigenvalue weighted by atomic mass is 10.0. The molecule has 24 heavy (non-hydrogen) atoms.